The summed E-state index contributed by atoms with van der Waals surface area (Å²) in [4.78, 5) is 22.7. The van der Waals surface area contributed by atoms with Gasteiger partial charge in [0.1, 0.15) is 6.61 Å². The summed E-state index contributed by atoms with van der Waals surface area (Å²) in [5.74, 6) is -41.7. The van der Waals surface area contributed by atoms with Gasteiger partial charge in [0, 0.05) is 18.9 Å². The molecule has 0 bridgehead atoms. The highest BCUT2D eigenvalue weighted by molar-refractivity contribution is 5.81. The van der Waals surface area contributed by atoms with E-state index in [1.165, 1.54) is 0 Å². The van der Waals surface area contributed by atoms with E-state index in [0.717, 1.165) is 0 Å². The van der Waals surface area contributed by atoms with Crippen molar-refractivity contribution in [2.45, 2.75) is 66.8 Å². The Bertz CT molecular complexity index is 956. The summed E-state index contributed by atoms with van der Waals surface area (Å²) in [6, 6.07) is 0. The summed E-state index contributed by atoms with van der Waals surface area (Å²) >= 11 is 0. The van der Waals surface area contributed by atoms with E-state index in [-0.39, 0.29) is 0 Å². The number of alkyl halides is 18. The summed E-state index contributed by atoms with van der Waals surface area (Å²) in [5, 5.41) is 1.82. The monoisotopic (exact) mass is 725 g/mol. The Labute approximate surface area is 245 Å². The number of amides is 1. The molecular formula is C21H21F18NO6. The first-order chi connectivity index (χ1) is 20.4. The van der Waals surface area contributed by atoms with Crippen molar-refractivity contribution in [3.63, 3.8) is 0 Å². The number of ether oxygens (including phenoxy) is 4. The fourth-order valence-corrected chi connectivity index (χ4v) is 2.63. The van der Waals surface area contributed by atoms with Crippen molar-refractivity contribution >= 4 is 12.1 Å². The number of esters is 1. The van der Waals surface area contributed by atoms with Gasteiger partial charge in [-0.05, 0) is 0 Å². The molecule has 0 unspecified atom stereocenters. The predicted octanol–water partition coefficient (Wildman–Crippen LogP) is 6.56. The molecule has 0 atom stereocenters. The first kappa shape index (κ1) is 43.1. The van der Waals surface area contributed by atoms with E-state index < -0.39 is 118 Å². The minimum Gasteiger partial charge on any atom is -0.461 e. The summed E-state index contributed by atoms with van der Waals surface area (Å²) in [5.41, 5.74) is 0. The van der Waals surface area contributed by atoms with Crippen LogP contribution in [0, 0.1) is 0 Å². The fraction of sp³-hybridized carbons (Fsp3) is 0.810. The Morgan fingerprint density at radius 2 is 0.978 bits per heavy atom. The Morgan fingerprint density at radius 1 is 0.609 bits per heavy atom. The maximum atomic E-state index is 13.6. The Hall–Kier alpha value is -2.86. The van der Waals surface area contributed by atoms with Gasteiger partial charge >= 0.3 is 60.0 Å². The van der Waals surface area contributed by atoms with Crippen molar-refractivity contribution in [3.8, 4) is 0 Å². The third-order valence-electron chi connectivity index (χ3n) is 5.20. The summed E-state index contributed by atoms with van der Waals surface area (Å²) in [6.45, 7) is -4.43. The van der Waals surface area contributed by atoms with Crippen LogP contribution in [0.1, 0.15) is 12.8 Å². The van der Waals surface area contributed by atoms with Crippen LogP contribution in [0.4, 0.5) is 83.8 Å². The molecule has 7 nitrogen and oxygen atoms in total. The molecule has 0 spiro atoms. The first-order valence-corrected chi connectivity index (χ1v) is 11.7. The summed E-state index contributed by atoms with van der Waals surface area (Å²) in [6.07, 6.45) is -22.3. The lowest BCUT2D eigenvalue weighted by Crippen LogP contribution is -2.61. The largest absolute Gasteiger partial charge is 0.461 e. The third kappa shape index (κ3) is 10.3. The molecule has 0 fully saturated rings. The quantitative estimate of drug-likeness (QED) is 0.0704. The maximum absolute atomic E-state index is 13.6. The molecule has 0 aliphatic rings. The average molecular weight is 725 g/mol. The molecule has 1 N–H and O–H groups in total. The topological polar surface area (TPSA) is 83.1 Å². The van der Waals surface area contributed by atoms with Crippen molar-refractivity contribution in [2.75, 3.05) is 39.6 Å². The van der Waals surface area contributed by atoms with Crippen molar-refractivity contribution in [2.24, 2.45) is 0 Å². The minimum atomic E-state index is -7.23. The van der Waals surface area contributed by atoms with E-state index in [0.29, 0.717) is 6.08 Å². The molecule has 0 saturated carbocycles. The lowest BCUT2D eigenvalue weighted by atomic mass is 10.0. The van der Waals surface area contributed by atoms with Gasteiger partial charge in [0.05, 0.1) is 33.0 Å². The Morgan fingerprint density at radius 3 is 1.30 bits per heavy atom. The predicted molar refractivity (Wildman–Crippen MR) is 112 cm³/mol. The van der Waals surface area contributed by atoms with E-state index in [1.807, 2.05) is 5.32 Å². The van der Waals surface area contributed by atoms with E-state index in [2.05, 4.69) is 25.5 Å². The maximum Gasteiger partial charge on any atom is 0.460 e. The molecule has 0 radical (unpaired) electrons. The van der Waals surface area contributed by atoms with Gasteiger partial charge in [-0.15, -0.1) is 0 Å². The van der Waals surface area contributed by atoms with Crippen LogP contribution in [0.25, 0.3) is 0 Å². The molecule has 0 aliphatic carbocycles. The molecule has 0 rings (SSSR count). The smallest absolute Gasteiger partial charge is 0.460 e. The van der Waals surface area contributed by atoms with Crippen LogP contribution in [0.3, 0.4) is 0 Å². The molecule has 0 aliphatic heterocycles. The van der Waals surface area contributed by atoms with Gasteiger partial charge in [0.25, 0.3) is 0 Å². The summed E-state index contributed by atoms with van der Waals surface area (Å²) < 4.78 is 250. The second kappa shape index (κ2) is 15.4. The second-order valence-electron chi connectivity index (χ2n) is 8.68. The van der Waals surface area contributed by atoms with Gasteiger partial charge in [-0.25, -0.2) is 9.59 Å². The van der Waals surface area contributed by atoms with Crippen LogP contribution in [-0.4, -0.2) is 106 Å². The Balaban J connectivity index is 5.46. The second-order valence-corrected chi connectivity index (χ2v) is 8.68. The molecule has 0 heterocycles. The van der Waals surface area contributed by atoms with Crippen molar-refractivity contribution in [1.29, 1.82) is 0 Å². The SMILES string of the molecule is C=CC(=O)OCCNC(=O)OC(COCCC(F)(F)C(F)(F)C(F)(F)C(F)(F)F)COCCC(F)(F)C(F)(F)C(F)(F)C(F)(F)F. The van der Waals surface area contributed by atoms with Crippen LogP contribution in [0.5, 0.6) is 0 Å². The number of rotatable bonds is 19. The first-order valence-electron chi connectivity index (χ1n) is 11.7. The lowest BCUT2D eigenvalue weighted by Gasteiger charge is -2.33. The van der Waals surface area contributed by atoms with Gasteiger partial charge < -0.3 is 24.3 Å². The molecule has 0 aromatic heterocycles. The highest BCUT2D eigenvalue weighted by atomic mass is 19.4. The molecule has 0 saturated heterocycles. The van der Waals surface area contributed by atoms with E-state index in [9.17, 15) is 88.6 Å². The standard InChI is InChI=1S/C21H21F18NO6/c1-2-12(41)45-8-5-40-13(42)46-11(9-43-6-3-14(22,23)16(26,27)18(30,31)20(34,35)36)10-44-7-4-15(24,25)17(28,29)19(32,33)21(37,38)39/h2,11H,1,3-10H2,(H,40,42). The molecule has 1 amide bonds. The molecule has 0 aromatic rings. The molecule has 272 valence electrons. The van der Waals surface area contributed by atoms with Crippen molar-refractivity contribution in [1.82, 2.24) is 5.32 Å². The van der Waals surface area contributed by atoms with Crippen LogP contribution in [0.15, 0.2) is 12.7 Å². The van der Waals surface area contributed by atoms with Crippen LogP contribution >= 0.6 is 0 Å². The van der Waals surface area contributed by atoms with E-state index in [1.54, 1.807) is 0 Å². The molecule has 25 heteroatoms. The normalized spacial score (nSPS) is 14.3. The lowest BCUT2D eigenvalue weighted by molar-refractivity contribution is -0.397. The number of carbonyl (C=O) groups is 2. The van der Waals surface area contributed by atoms with Gasteiger partial charge in [-0.2, -0.15) is 79.0 Å². The zero-order chi connectivity index (χ0) is 36.6. The Kier molecular flexibility index (Phi) is 14.4. The highest BCUT2D eigenvalue weighted by Gasteiger charge is 2.82. The van der Waals surface area contributed by atoms with Crippen LogP contribution in [0.2, 0.25) is 0 Å². The summed E-state index contributed by atoms with van der Waals surface area (Å²) in [7, 11) is 0. The zero-order valence-corrected chi connectivity index (χ0v) is 22.3. The van der Waals surface area contributed by atoms with Gasteiger partial charge in [0.15, 0.2) is 6.10 Å². The van der Waals surface area contributed by atoms with Crippen LogP contribution in [-0.2, 0) is 23.7 Å². The number of halogens is 18. The third-order valence-corrected chi connectivity index (χ3v) is 5.20. The molecule has 0 aromatic carbocycles. The zero-order valence-electron chi connectivity index (χ0n) is 22.3. The van der Waals surface area contributed by atoms with Crippen molar-refractivity contribution < 1.29 is 108 Å². The molecule has 46 heavy (non-hydrogen) atoms. The van der Waals surface area contributed by atoms with E-state index >= 15 is 0 Å². The van der Waals surface area contributed by atoms with Crippen molar-refractivity contribution in [3.05, 3.63) is 12.7 Å². The van der Waals surface area contributed by atoms with Crippen LogP contribution < -0.4 is 5.32 Å². The highest BCUT2D eigenvalue weighted by Crippen LogP contribution is 2.55. The number of nitrogens with one attached hydrogen (secondary N) is 1. The number of alkyl carbamates (subject to hydrolysis) is 1. The van der Waals surface area contributed by atoms with Gasteiger partial charge in [0.2, 0.25) is 0 Å². The van der Waals surface area contributed by atoms with E-state index in [4.69, 9.17) is 0 Å². The minimum absolute atomic E-state index is 0.559. The van der Waals surface area contributed by atoms with Gasteiger partial charge in [-0.3, -0.25) is 0 Å². The number of carbonyl (C=O) groups excluding carboxylic acids is 2. The number of hydrogen-bond donors (Lipinski definition) is 1. The molecular weight excluding hydrogens is 704 g/mol. The number of hydrogen-bond acceptors (Lipinski definition) is 6. The average Bonchev–Trinajstić information content (AvgIpc) is 2.89. The van der Waals surface area contributed by atoms with Gasteiger partial charge in [-0.1, -0.05) is 6.58 Å². The fourth-order valence-electron chi connectivity index (χ4n) is 2.63.